The number of ether oxygens (including phenoxy) is 1. The zero-order chi connectivity index (χ0) is 14.3. The van der Waals surface area contributed by atoms with Gasteiger partial charge in [0.05, 0.1) is 6.61 Å². The molecule has 0 aliphatic carbocycles. The summed E-state index contributed by atoms with van der Waals surface area (Å²) < 4.78 is 5.08. The van der Waals surface area contributed by atoms with Crippen LogP contribution in [0.25, 0.3) is 0 Å². The summed E-state index contributed by atoms with van der Waals surface area (Å²) in [6.45, 7) is 6.98. The van der Waals surface area contributed by atoms with Crippen molar-refractivity contribution in [3.8, 4) is 0 Å². The smallest absolute Gasteiger partial charge is 0.251 e. The van der Waals surface area contributed by atoms with E-state index in [1.54, 1.807) is 7.11 Å². The molecule has 3 nitrogen and oxygen atoms in total. The van der Waals surface area contributed by atoms with Crippen molar-refractivity contribution in [1.29, 1.82) is 0 Å². The molecule has 3 heteroatoms. The number of carbonyl (C=O) groups excluding carboxylic acids is 1. The number of benzene rings is 1. The van der Waals surface area contributed by atoms with Crippen LogP contribution in [0, 0.1) is 5.92 Å². The molecule has 1 aromatic rings. The van der Waals surface area contributed by atoms with Crippen molar-refractivity contribution < 1.29 is 9.53 Å². The topological polar surface area (TPSA) is 38.3 Å². The molecule has 0 fully saturated rings. The number of amides is 1. The van der Waals surface area contributed by atoms with Crippen molar-refractivity contribution in [3.05, 3.63) is 35.4 Å². The number of hydrogen-bond donors (Lipinski definition) is 1. The van der Waals surface area contributed by atoms with Crippen molar-refractivity contribution in [1.82, 2.24) is 5.32 Å². The predicted molar refractivity (Wildman–Crippen MR) is 78.2 cm³/mol. The van der Waals surface area contributed by atoms with E-state index in [9.17, 15) is 4.79 Å². The second-order valence-corrected chi connectivity index (χ2v) is 5.48. The van der Waals surface area contributed by atoms with E-state index >= 15 is 0 Å². The highest BCUT2D eigenvalue weighted by atomic mass is 16.5. The molecule has 1 amide bonds. The molecule has 106 valence electrons. The van der Waals surface area contributed by atoms with Crippen LogP contribution in [0.3, 0.4) is 0 Å². The predicted octanol–water partition coefficient (Wildman–Crippen LogP) is 3.39. The highest BCUT2D eigenvalue weighted by molar-refractivity contribution is 5.94. The summed E-state index contributed by atoms with van der Waals surface area (Å²) in [5.74, 6) is 0.665. The summed E-state index contributed by atoms with van der Waals surface area (Å²) in [5.41, 5.74) is 1.72. The van der Waals surface area contributed by atoms with Crippen molar-refractivity contribution in [2.24, 2.45) is 5.92 Å². The summed E-state index contributed by atoms with van der Waals surface area (Å²) in [6, 6.07) is 7.78. The third kappa shape index (κ3) is 5.88. The zero-order valence-corrected chi connectivity index (χ0v) is 12.4. The molecule has 1 unspecified atom stereocenters. The minimum atomic E-state index is -0.00536. The molecule has 0 aromatic heterocycles. The van der Waals surface area contributed by atoms with Gasteiger partial charge in [-0.15, -0.1) is 0 Å². The fraction of sp³-hybridized carbons (Fsp3) is 0.562. The van der Waals surface area contributed by atoms with Crippen molar-refractivity contribution in [3.63, 3.8) is 0 Å². The second kappa shape index (κ2) is 7.95. The fourth-order valence-corrected chi connectivity index (χ4v) is 1.93. The number of hydrogen-bond acceptors (Lipinski definition) is 2. The van der Waals surface area contributed by atoms with Gasteiger partial charge in [0.15, 0.2) is 0 Å². The summed E-state index contributed by atoms with van der Waals surface area (Å²) in [4.78, 5) is 12.1. The maximum absolute atomic E-state index is 12.1. The first-order valence-electron chi connectivity index (χ1n) is 6.91. The Labute approximate surface area is 116 Å². The fourth-order valence-electron chi connectivity index (χ4n) is 1.93. The first-order chi connectivity index (χ1) is 9.02. The summed E-state index contributed by atoms with van der Waals surface area (Å²) >= 11 is 0. The van der Waals surface area contributed by atoms with Crippen LogP contribution in [0.5, 0.6) is 0 Å². The molecule has 1 aromatic carbocycles. The number of nitrogens with one attached hydrogen (secondary N) is 1. The molecule has 0 saturated heterocycles. The molecule has 0 bridgehead atoms. The molecule has 0 aliphatic heterocycles. The Morgan fingerprint density at radius 2 is 2.00 bits per heavy atom. The van der Waals surface area contributed by atoms with Gasteiger partial charge < -0.3 is 10.1 Å². The standard InChI is InChI=1S/C16H25NO2/c1-12(2)8-9-13(3)17-16(18)15-7-5-6-14(10-15)11-19-4/h5-7,10,12-13H,8-9,11H2,1-4H3,(H,17,18). The van der Waals surface area contributed by atoms with E-state index in [0.717, 1.165) is 18.4 Å². The highest BCUT2D eigenvalue weighted by Gasteiger charge is 2.10. The van der Waals surface area contributed by atoms with Crippen LogP contribution >= 0.6 is 0 Å². The number of carbonyl (C=O) groups is 1. The Balaban J connectivity index is 2.55. The molecular formula is C16H25NO2. The molecule has 1 N–H and O–H groups in total. The largest absolute Gasteiger partial charge is 0.380 e. The highest BCUT2D eigenvalue weighted by Crippen LogP contribution is 2.09. The molecule has 0 spiro atoms. The van der Waals surface area contributed by atoms with E-state index in [-0.39, 0.29) is 11.9 Å². The van der Waals surface area contributed by atoms with Crippen LogP contribution in [0.1, 0.15) is 49.5 Å². The second-order valence-electron chi connectivity index (χ2n) is 5.48. The Bertz CT molecular complexity index is 401. The molecule has 0 saturated carbocycles. The first kappa shape index (κ1) is 15.7. The summed E-state index contributed by atoms with van der Waals surface area (Å²) in [5, 5.41) is 3.04. The Morgan fingerprint density at radius 3 is 2.63 bits per heavy atom. The lowest BCUT2D eigenvalue weighted by Crippen LogP contribution is -2.32. The van der Waals surface area contributed by atoms with E-state index in [1.165, 1.54) is 0 Å². The quantitative estimate of drug-likeness (QED) is 0.819. The SMILES string of the molecule is COCc1cccc(C(=O)NC(C)CCC(C)C)c1. The van der Waals surface area contributed by atoms with Gasteiger partial charge >= 0.3 is 0 Å². The van der Waals surface area contributed by atoms with Crippen LogP contribution in [0.2, 0.25) is 0 Å². The van der Waals surface area contributed by atoms with Crippen molar-refractivity contribution in [2.45, 2.75) is 46.3 Å². The number of methoxy groups -OCH3 is 1. The van der Waals surface area contributed by atoms with Gasteiger partial charge in [0.25, 0.3) is 5.91 Å². The van der Waals surface area contributed by atoms with E-state index < -0.39 is 0 Å². The summed E-state index contributed by atoms with van der Waals surface area (Å²) in [6.07, 6.45) is 2.15. The molecule has 1 rings (SSSR count). The Kier molecular flexibility index (Phi) is 6.57. The van der Waals surface area contributed by atoms with Crippen LogP contribution in [-0.2, 0) is 11.3 Å². The lowest BCUT2D eigenvalue weighted by atomic mass is 10.0. The van der Waals surface area contributed by atoms with Crippen LogP contribution in [0.4, 0.5) is 0 Å². The van der Waals surface area contributed by atoms with Gasteiger partial charge in [-0.2, -0.15) is 0 Å². The van der Waals surface area contributed by atoms with E-state index in [4.69, 9.17) is 4.74 Å². The van der Waals surface area contributed by atoms with E-state index in [2.05, 4.69) is 26.1 Å². The Hall–Kier alpha value is -1.35. The minimum Gasteiger partial charge on any atom is -0.380 e. The molecule has 19 heavy (non-hydrogen) atoms. The van der Waals surface area contributed by atoms with E-state index in [1.807, 2.05) is 24.3 Å². The van der Waals surface area contributed by atoms with Gasteiger partial charge in [-0.3, -0.25) is 4.79 Å². The van der Waals surface area contributed by atoms with Gasteiger partial charge in [0, 0.05) is 18.7 Å². The maximum atomic E-state index is 12.1. The van der Waals surface area contributed by atoms with Gasteiger partial charge in [-0.1, -0.05) is 26.0 Å². The minimum absolute atomic E-state index is 0.00536. The van der Waals surface area contributed by atoms with Crippen LogP contribution in [0.15, 0.2) is 24.3 Å². The zero-order valence-electron chi connectivity index (χ0n) is 12.4. The van der Waals surface area contributed by atoms with E-state index in [0.29, 0.717) is 18.1 Å². The molecule has 0 aliphatic rings. The lowest BCUT2D eigenvalue weighted by molar-refractivity contribution is 0.0937. The molecule has 1 atom stereocenters. The average Bonchev–Trinajstić information content (AvgIpc) is 2.37. The first-order valence-corrected chi connectivity index (χ1v) is 6.91. The Morgan fingerprint density at radius 1 is 1.26 bits per heavy atom. The third-order valence-corrected chi connectivity index (χ3v) is 3.05. The van der Waals surface area contributed by atoms with Gasteiger partial charge in [-0.25, -0.2) is 0 Å². The van der Waals surface area contributed by atoms with Crippen LogP contribution in [-0.4, -0.2) is 19.1 Å². The van der Waals surface area contributed by atoms with Gasteiger partial charge in [0.2, 0.25) is 0 Å². The third-order valence-electron chi connectivity index (χ3n) is 3.05. The maximum Gasteiger partial charge on any atom is 0.251 e. The monoisotopic (exact) mass is 263 g/mol. The van der Waals surface area contributed by atoms with Crippen LogP contribution < -0.4 is 5.32 Å². The normalized spacial score (nSPS) is 12.5. The van der Waals surface area contributed by atoms with Gasteiger partial charge in [-0.05, 0) is 43.4 Å². The number of rotatable bonds is 7. The average molecular weight is 263 g/mol. The summed E-state index contributed by atoms with van der Waals surface area (Å²) in [7, 11) is 1.65. The molecule has 0 heterocycles. The van der Waals surface area contributed by atoms with Gasteiger partial charge in [0.1, 0.15) is 0 Å². The lowest BCUT2D eigenvalue weighted by Gasteiger charge is -2.15. The van der Waals surface area contributed by atoms with Crippen molar-refractivity contribution in [2.75, 3.05) is 7.11 Å². The van der Waals surface area contributed by atoms with Crippen molar-refractivity contribution >= 4 is 5.91 Å². The molecular weight excluding hydrogens is 238 g/mol. The molecule has 0 radical (unpaired) electrons.